The van der Waals surface area contributed by atoms with Crippen LogP contribution in [0.25, 0.3) is 0 Å². The first-order valence-corrected chi connectivity index (χ1v) is 4.93. The van der Waals surface area contributed by atoms with E-state index in [9.17, 15) is 22.0 Å². The average molecular weight is 253 g/mol. The Morgan fingerprint density at radius 1 is 1.06 bits per heavy atom. The maximum absolute atomic E-state index is 13.3. The summed E-state index contributed by atoms with van der Waals surface area (Å²) in [5, 5.41) is 2.64. The molecule has 0 saturated carbocycles. The van der Waals surface area contributed by atoms with E-state index in [2.05, 4.69) is 5.32 Å². The quantitative estimate of drug-likeness (QED) is 0.811. The number of halogens is 5. The number of alkyl halides is 5. The lowest BCUT2D eigenvalue weighted by atomic mass is 9.96. The first-order valence-electron chi connectivity index (χ1n) is 4.93. The smallest absolute Gasteiger partial charge is 0.313 e. The van der Waals surface area contributed by atoms with Crippen LogP contribution in [0.5, 0.6) is 0 Å². The molecule has 0 heterocycles. The van der Waals surface area contributed by atoms with E-state index in [0.29, 0.717) is 0 Å². The molecule has 0 aliphatic rings. The highest BCUT2D eigenvalue weighted by Gasteiger charge is 2.59. The number of hydrogen-bond donors (Lipinski definition) is 1. The zero-order valence-corrected chi connectivity index (χ0v) is 9.28. The van der Waals surface area contributed by atoms with Crippen LogP contribution in [-0.4, -0.2) is 13.2 Å². The van der Waals surface area contributed by atoms with Crippen LogP contribution in [0.4, 0.5) is 22.0 Å². The van der Waals surface area contributed by atoms with Crippen LogP contribution in [0, 0.1) is 0 Å². The third-order valence-electron chi connectivity index (χ3n) is 2.55. The van der Waals surface area contributed by atoms with Crippen LogP contribution in [-0.2, 0) is 5.92 Å². The number of nitrogens with one attached hydrogen (secondary N) is 1. The second-order valence-electron chi connectivity index (χ2n) is 3.67. The number of hydrogen-bond acceptors (Lipinski definition) is 1. The van der Waals surface area contributed by atoms with Crippen LogP contribution in [0.1, 0.15) is 24.1 Å². The summed E-state index contributed by atoms with van der Waals surface area (Å²) in [4.78, 5) is 0. The predicted octanol–water partition coefficient (Wildman–Crippen LogP) is 3.62. The van der Waals surface area contributed by atoms with Gasteiger partial charge in [-0.2, -0.15) is 22.0 Å². The average Bonchev–Trinajstić information content (AvgIpc) is 2.26. The summed E-state index contributed by atoms with van der Waals surface area (Å²) in [5.41, 5.74) is -1.06. The lowest BCUT2D eigenvalue weighted by Crippen LogP contribution is -2.35. The van der Waals surface area contributed by atoms with Gasteiger partial charge in [-0.3, -0.25) is 0 Å². The fourth-order valence-corrected chi connectivity index (χ4v) is 1.47. The molecule has 0 bridgehead atoms. The summed E-state index contributed by atoms with van der Waals surface area (Å²) in [6.07, 6.45) is -5.59. The second kappa shape index (κ2) is 4.60. The van der Waals surface area contributed by atoms with Crippen LogP contribution in [0.2, 0.25) is 0 Å². The predicted molar refractivity (Wildman–Crippen MR) is 53.9 cm³/mol. The molecule has 0 saturated heterocycles. The molecular weight excluding hydrogens is 241 g/mol. The monoisotopic (exact) mass is 253 g/mol. The summed E-state index contributed by atoms with van der Waals surface area (Å²) in [6, 6.07) is 4.08. The summed E-state index contributed by atoms with van der Waals surface area (Å²) in [5.74, 6) is -4.84. The van der Waals surface area contributed by atoms with Crippen molar-refractivity contribution in [3.8, 4) is 0 Å². The van der Waals surface area contributed by atoms with E-state index >= 15 is 0 Å². The first kappa shape index (κ1) is 13.9. The van der Waals surface area contributed by atoms with Crippen LogP contribution >= 0.6 is 0 Å². The first-order chi connectivity index (χ1) is 7.71. The van der Waals surface area contributed by atoms with Crippen molar-refractivity contribution in [2.75, 3.05) is 7.05 Å². The van der Waals surface area contributed by atoms with Crippen molar-refractivity contribution in [3.05, 3.63) is 35.4 Å². The summed E-state index contributed by atoms with van der Waals surface area (Å²) < 4.78 is 63.4. The molecule has 0 radical (unpaired) electrons. The molecule has 1 nitrogen and oxygen atoms in total. The minimum absolute atomic E-state index is 0.0580. The zero-order valence-electron chi connectivity index (χ0n) is 9.28. The van der Waals surface area contributed by atoms with Gasteiger partial charge in [-0.25, -0.2) is 0 Å². The highest BCUT2D eigenvalue weighted by molar-refractivity contribution is 5.34. The van der Waals surface area contributed by atoms with E-state index in [1.807, 2.05) is 0 Å². The Labute approximate surface area is 95.6 Å². The molecule has 0 aromatic heterocycles. The fourth-order valence-electron chi connectivity index (χ4n) is 1.47. The normalized spacial score (nSPS) is 14.8. The largest absolute Gasteiger partial charge is 0.458 e. The lowest BCUT2D eigenvalue weighted by molar-refractivity contribution is -0.289. The Kier molecular flexibility index (Phi) is 3.76. The molecule has 96 valence electrons. The van der Waals surface area contributed by atoms with Gasteiger partial charge in [-0.1, -0.05) is 24.3 Å². The zero-order chi connectivity index (χ0) is 13.3. The third-order valence-corrected chi connectivity index (χ3v) is 2.55. The van der Waals surface area contributed by atoms with Gasteiger partial charge in [0.1, 0.15) is 0 Å². The van der Waals surface area contributed by atoms with E-state index in [0.717, 1.165) is 6.07 Å². The molecular formula is C11H12F5N. The Bertz CT molecular complexity index is 386. The minimum atomic E-state index is -5.59. The van der Waals surface area contributed by atoms with E-state index in [1.165, 1.54) is 32.2 Å². The van der Waals surface area contributed by atoms with Crippen molar-refractivity contribution >= 4 is 0 Å². The van der Waals surface area contributed by atoms with E-state index in [-0.39, 0.29) is 5.56 Å². The molecule has 0 spiro atoms. The topological polar surface area (TPSA) is 12.0 Å². The molecule has 0 aliphatic heterocycles. The molecule has 1 N–H and O–H groups in total. The standard InChI is InChI=1S/C11H12F5N/c1-7(17-2)8-5-3-4-6-9(8)10(12,13)11(14,15)16/h3-7,17H,1-2H3. The van der Waals surface area contributed by atoms with Gasteiger partial charge in [0.15, 0.2) is 0 Å². The summed E-state index contributed by atoms with van der Waals surface area (Å²) in [7, 11) is 1.49. The van der Waals surface area contributed by atoms with Gasteiger partial charge in [0.05, 0.1) is 0 Å². The van der Waals surface area contributed by atoms with Crippen LogP contribution < -0.4 is 5.32 Å². The molecule has 1 unspecified atom stereocenters. The molecule has 17 heavy (non-hydrogen) atoms. The Balaban J connectivity index is 3.31. The van der Waals surface area contributed by atoms with Gasteiger partial charge in [0.2, 0.25) is 0 Å². The third kappa shape index (κ3) is 2.57. The molecule has 0 fully saturated rings. The van der Waals surface area contributed by atoms with Gasteiger partial charge in [-0.05, 0) is 19.5 Å². The van der Waals surface area contributed by atoms with Gasteiger partial charge >= 0.3 is 12.1 Å². The molecule has 1 aromatic rings. The van der Waals surface area contributed by atoms with Gasteiger partial charge in [0.25, 0.3) is 0 Å². The molecule has 1 atom stereocenters. The van der Waals surface area contributed by atoms with Crippen molar-refractivity contribution in [2.24, 2.45) is 0 Å². The van der Waals surface area contributed by atoms with Crippen LogP contribution in [0.3, 0.4) is 0 Å². The van der Waals surface area contributed by atoms with Crippen molar-refractivity contribution in [1.82, 2.24) is 5.32 Å². The molecule has 1 rings (SSSR count). The maximum atomic E-state index is 13.3. The van der Waals surface area contributed by atoms with E-state index in [4.69, 9.17) is 0 Å². The van der Waals surface area contributed by atoms with Gasteiger partial charge < -0.3 is 5.32 Å². The van der Waals surface area contributed by atoms with Crippen molar-refractivity contribution < 1.29 is 22.0 Å². The highest BCUT2D eigenvalue weighted by atomic mass is 19.4. The molecule has 0 amide bonds. The maximum Gasteiger partial charge on any atom is 0.458 e. The number of benzene rings is 1. The summed E-state index contributed by atoms with van der Waals surface area (Å²) in [6.45, 7) is 1.52. The van der Waals surface area contributed by atoms with Crippen molar-refractivity contribution in [1.29, 1.82) is 0 Å². The SMILES string of the molecule is CNC(C)c1ccccc1C(F)(F)C(F)(F)F. The second-order valence-corrected chi connectivity index (χ2v) is 3.67. The van der Waals surface area contributed by atoms with Crippen molar-refractivity contribution in [3.63, 3.8) is 0 Å². The molecule has 1 aromatic carbocycles. The highest BCUT2D eigenvalue weighted by Crippen LogP contribution is 2.45. The Hall–Kier alpha value is -1.17. The van der Waals surface area contributed by atoms with E-state index < -0.39 is 23.7 Å². The minimum Gasteiger partial charge on any atom is -0.313 e. The molecule has 0 aliphatic carbocycles. The molecule has 6 heteroatoms. The number of rotatable bonds is 3. The van der Waals surface area contributed by atoms with Gasteiger partial charge in [-0.15, -0.1) is 0 Å². The Morgan fingerprint density at radius 3 is 2.06 bits per heavy atom. The van der Waals surface area contributed by atoms with Gasteiger partial charge in [0, 0.05) is 11.6 Å². The lowest BCUT2D eigenvalue weighted by Gasteiger charge is -2.24. The fraction of sp³-hybridized carbons (Fsp3) is 0.455. The van der Waals surface area contributed by atoms with Crippen LogP contribution in [0.15, 0.2) is 24.3 Å². The Morgan fingerprint density at radius 2 is 1.59 bits per heavy atom. The summed E-state index contributed by atoms with van der Waals surface area (Å²) >= 11 is 0. The van der Waals surface area contributed by atoms with Crippen molar-refractivity contribution in [2.45, 2.75) is 25.1 Å². The van der Waals surface area contributed by atoms with E-state index in [1.54, 1.807) is 0 Å².